The Bertz CT molecular complexity index is 528. The molecule has 1 aromatic carbocycles. The van der Waals surface area contributed by atoms with E-state index >= 15 is 0 Å². The van der Waals surface area contributed by atoms with Gasteiger partial charge in [0, 0.05) is 5.39 Å². The minimum absolute atomic E-state index is 0.0156. The Morgan fingerprint density at radius 3 is 2.81 bits per heavy atom. The monoisotopic (exact) mass is 217 g/mol. The fourth-order valence-corrected chi connectivity index (χ4v) is 1.67. The second-order valence-electron chi connectivity index (χ2n) is 3.98. The third kappa shape index (κ3) is 1.74. The molecule has 0 aliphatic carbocycles. The first kappa shape index (κ1) is 10.9. The summed E-state index contributed by atoms with van der Waals surface area (Å²) in [4.78, 5) is 11.9. The van der Waals surface area contributed by atoms with Crippen LogP contribution < -0.4 is 5.32 Å². The molecule has 0 aliphatic rings. The van der Waals surface area contributed by atoms with Crippen LogP contribution in [0.3, 0.4) is 0 Å². The lowest BCUT2D eigenvalue weighted by atomic mass is 10.1. The van der Waals surface area contributed by atoms with E-state index in [9.17, 15) is 4.79 Å². The summed E-state index contributed by atoms with van der Waals surface area (Å²) in [6.07, 6.45) is 0. The molecule has 1 N–H and O–H groups in total. The Morgan fingerprint density at radius 1 is 1.44 bits per heavy atom. The van der Waals surface area contributed by atoms with Gasteiger partial charge in [0.25, 0.3) is 0 Å². The molecule has 0 radical (unpaired) electrons. The fourth-order valence-electron chi connectivity index (χ4n) is 1.67. The van der Waals surface area contributed by atoms with Crippen LogP contribution in [0.2, 0.25) is 0 Å². The molecule has 0 saturated heterocycles. The Labute approximate surface area is 94.4 Å². The van der Waals surface area contributed by atoms with Crippen molar-refractivity contribution in [3.8, 4) is 0 Å². The Hall–Kier alpha value is -1.61. The SMILES string of the molecule is CNC(C)C(=O)c1cc2cccc(C)c2o1. The molecule has 0 amide bonds. The summed E-state index contributed by atoms with van der Waals surface area (Å²) in [6.45, 7) is 3.80. The molecule has 0 saturated carbocycles. The maximum Gasteiger partial charge on any atom is 0.214 e. The normalized spacial score (nSPS) is 12.9. The van der Waals surface area contributed by atoms with Gasteiger partial charge in [0.05, 0.1) is 6.04 Å². The van der Waals surface area contributed by atoms with Gasteiger partial charge < -0.3 is 9.73 Å². The number of Topliss-reactive ketones (excluding diaryl/α,β-unsaturated/α-hetero) is 1. The van der Waals surface area contributed by atoms with Crippen molar-refractivity contribution in [1.82, 2.24) is 5.32 Å². The number of carbonyl (C=O) groups is 1. The molecule has 3 nitrogen and oxygen atoms in total. The van der Waals surface area contributed by atoms with E-state index in [0.717, 1.165) is 16.5 Å². The minimum Gasteiger partial charge on any atom is -0.453 e. The standard InChI is InChI=1S/C13H15NO2/c1-8-5-4-6-10-7-11(16-13(8)10)12(15)9(2)14-3/h4-7,9,14H,1-3H3. The van der Waals surface area contributed by atoms with Gasteiger partial charge in [-0.05, 0) is 32.5 Å². The highest BCUT2D eigenvalue weighted by Crippen LogP contribution is 2.23. The van der Waals surface area contributed by atoms with Gasteiger partial charge >= 0.3 is 0 Å². The number of carbonyl (C=O) groups excluding carboxylic acids is 1. The number of ketones is 1. The molecule has 1 unspecified atom stereocenters. The summed E-state index contributed by atoms with van der Waals surface area (Å²) in [7, 11) is 1.76. The van der Waals surface area contributed by atoms with Gasteiger partial charge in [-0.1, -0.05) is 18.2 Å². The van der Waals surface area contributed by atoms with Crippen LogP contribution in [0, 0.1) is 6.92 Å². The van der Waals surface area contributed by atoms with Crippen LogP contribution in [0.25, 0.3) is 11.0 Å². The fraction of sp³-hybridized carbons (Fsp3) is 0.308. The van der Waals surface area contributed by atoms with Gasteiger partial charge in [-0.2, -0.15) is 0 Å². The summed E-state index contributed by atoms with van der Waals surface area (Å²) in [5.41, 5.74) is 1.85. The van der Waals surface area contributed by atoms with Crippen molar-refractivity contribution in [2.75, 3.05) is 7.05 Å². The largest absolute Gasteiger partial charge is 0.453 e. The number of para-hydroxylation sites is 1. The highest BCUT2D eigenvalue weighted by Gasteiger charge is 2.18. The molecule has 84 valence electrons. The van der Waals surface area contributed by atoms with E-state index in [4.69, 9.17) is 4.42 Å². The molecular formula is C13H15NO2. The van der Waals surface area contributed by atoms with Crippen LogP contribution in [-0.4, -0.2) is 18.9 Å². The van der Waals surface area contributed by atoms with Crippen LogP contribution in [0.1, 0.15) is 23.0 Å². The Kier molecular flexibility index (Phi) is 2.79. The van der Waals surface area contributed by atoms with Gasteiger partial charge in [-0.15, -0.1) is 0 Å². The van der Waals surface area contributed by atoms with Gasteiger partial charge in [0.1, 0.15) is 5.58 Å². The molecule has 0 spiro atoms. The second-order valence-corrected chi connectivity index (χ2v) is 3.98. The van der Waals surface area contributed by atoms with E-state index in [1.54, 1.807) is 13.1 Å². The quantitative estimate of drug-likeness (QED) is 0.803. The van der Waals surface area contributed by atoms with Gasteiger partial charge in [-0.25, -0.2) is 0 Å². The van der Waals surface area contributed by atoms with Crippen LogP contribution in [0.4, 0.5) is 0 Å². The van der Waals surface area contributed by atoms with Crippen LogP contribution in [0.15, 0.2) is 28.7 Å². The first-order valence-electron chi connectivity index (χ1n) is 5.34. The zero-order chi connectivity index (χ0) is 11.7. The van der Waals surface area contributed by atoms with Crippen molar-refractivity contribution in [2.24, 2.45) is 0 Å². The topological polar surface area (TPSA) is 42.2 Å². The first-order valence-corrected chi connectivity index (χ1v) is 5.34. The number of fused-ring (bicyclic) bond motifs is 1. The maximum atomic E-state index is 11.9. The van der Waals surface area contributed by atoms with Gasteiger partial charge in [0.2, 0.25) is 5.78 Å². The molecule has 1 aromatic heterocycles. The maximum absolute atomic E-state index is 11.9. The predicted octanol–water partition coefficient (Wildman–Crippen LogP) is 2.53. The minimum atomic E-state index is -0.221. The lowest BCUT2D eigenvalue weighted by Gasteiger charge is -2.05. The van der Waals surface area contributed by atoms with Crippen LogP contribution in [-0.2, 0) is 0 Å². The molecule has 1 heterocycles. The Balaban J connectivity index is 2.48. The number of furan rings is 1. The van der Waals surface area contributed by atoms with E-state index in [-0.39, 0.29) is 11.8 Å². The van der Waals surface area contributed by atoms with E-state index < -0.39 is 0 Å². The molecule has 3 heteroatoms. The van der Waals surface area contributed by atoms with E-state index in [1.807, 2.05) is 32.0 Å². The predicted molar refractivity (Wildman–Crippen MR) is 63.8 cm³/mol. The second kappa shape index (κ2) is 4.10. The van der Waals surface area contributed by atoms with Crippen molar-refractivity contribution in [1.29, 1.82) is 0 Å². The third-order valence-corrected chi connectivity index (χ3v) is 2.81. The summed E-state index contributed by atoms with van der Waals surface area (Å²) in [6, 6.07) is 7.47. The molecule has 0 bridgehead atoms. The van der Waals surface area contributed by atoms with Crippen molar-refractivity contribution >= 4 is 16.8 Å². The molecule has 2 aromatic rings. The molecular weight excluding hydrogens is 202 g/mol. The number of benzene rings is 1. The number of nitrogens with one attached hydrogen (secondary N) is 1. The van der Waals surface area contributed by atoms with Crippen LogP contribution in [0.5, 0.6) is 0 Å². The zero-order valence-electron chi connectivity index (χ0n) is 9.70. The summed E-state index contributed by atoms with van der Waals surface area (Å²) < 4.78 is 5.59. The number of likely N-dealkylation sites (N-methyl/N-ethyl adjacent to an activating group) is 1. The molecule has 16 heavy (non-hydrogen) atoms. The number of rotatable bonds is 3. The number of hydrogen-bond donors (Lipinski definition) is 1. The lowest BCUT2D eigenvalue weighted by Crippen LogP contribution is -2.30. The van der Waals surface area contributed by atoms with Crippen molar-refractivity contribution in [2.45, 2.75) is 19.9 Å². The summed E-state index contributed by atoms with van der Waals surface area (Å²) in [5, 5.41) is 3.89. The lowest BCUT2D eigenvalue weighted by molar-refractivity contribution is 0.0929. The molecule has 2 rings (SSSR count). The number of aryl methyl sites for hydroxylation is 1. The zero-order valence-corrected chi connectivity index (χ0v) is 9.70. The smallest absolute Gasteiger partial charge is 0.214 e. The average molecular weight is 217 g/mol. The van der Waals surface area contributed by atoms with Crippen molar-refractivity contribution in [3.05, 3.63) is 35.6 Å². The van der Waals surface area contributed by atoms with E-state index in [0.29, 0.717) is 5.76 Å². The molecule has 0 aliphatic heterocycles. The van der Waals surface area contributed by atoms with Crippen LogP contribution >= 0.6 is 0 Å². The van der Waals surface area contributed by atoms with Crippen molar-refractivity contribution in [3.63, 3.8) is 0 Å². The van der Waals surface area contributed by atoms with Gasteiger partial charge in [-0.3, -0.25) is 4.79 Å². The van der Waals surface area contributed by atoms with Crippen molar-refractivity contribution < 1.29 is 9.21 Å². The first-order chi connectivity index (χ1) is 7.63. The van der Waals surface area contributed by atoms with Gasteiger partial charge in [0.15, 0.2) is 5.76 Å². The summed E-state index contributed by atoms with van der Waals surface area (Å²) in [5.74, 6) is 0.407. The number of hydrogen-bond acceptors (Lipinski definition) is 3. The highest BCUT2D eigenvalue weighted by molar-refractivity contribution is 6.01. The third-order valence-electron chi connectivity index (χ3n) is 2.81. The van der Waals surface area contributed by atoms with E-state index in [1.165, 1.54) is 0 Å². The Morgan fingerprint density at radius 2 is 2.19 bits per heavy atom. The van der Waals surface area contributed by atoms with E-state index in [2.05, 4.69) is 5.32 Å². The molecule has 1 atom stereocenters. The average Bonchev–Trinajstić information content (AvgIpc) is 2.72. The summed E-state index contributed by atoms with van der Waals surface area (Å²) >= 11 is 0. The highest BCUT2D eigenvalue weighted by atomic mass is 16.3. The molecule has 0 fully saturated rings.